The van der Waals surface area contributed by atoms with Gasteiger partial charge in [0.15, 0.2) is 0 Å². The Balaban J connectivity index is 1.68. The van der Waals surface area contributed by atoms with Crippen LogP contribution in [0.25, 0.3) is 11.1 Å². The first-order valence-corrected chi connectivity index (χ1v) is 13.3. The summed E-state index contributed by atoms with van der Waals surface area (Å²) in [5, 5.41) is 9.42. The van der Waals surface area contributed by atoms with Crippen LogP contribution in [0.3, 0.4) is 0 Å². The summed E-state index contributed by atoms with van der Waals surface area (Å²) < 4.78 is 39.7. The number of halogens is 3. The number of rotatable bonds is 9. The minimum atomic E-state index is -4.40. The first kappa shape index (κ1) is 27.8. The summed E-state index contributed by atoms with van der Waals surface area (Å²) in [7, 11) is 0. The number of pyridine rings is 1. The van der Waals surface area contributed by atoms with Crippen LogP contribution >= 0.6 is 0 Å². The molecule has 4 rings (SSSR count). The molecule has 0 bridgehead atoms. The van der Waals surface area contributed by atoms with Crippen molar-refractivity contribution in [2.24, 2.45) is 11.8 Å². The minimum Gasteiger partial charge on any atom is -0.481 e. The van der Waals surface area contributed by atoms with Gasteiger partial charge in [0.2, 0.25) is 0 Å². The molecule has 0 amide bonds. The van der Waals surface area contributed by atoms with Crippen LogP contribution in [0.1, 0.15) is 74.7 Å². The van der Waals surface area contributed by atoms with Crippen molar-refractivity contribution in [3.8, 4) is 11.1 Å². The molecular formula is C31H35F3N2O2. The van der Waals surface area contributed by atoms with Crippen molar-refractivity contribution < 1.29 is 23.1 Å². The van der Waals surface area contributed by atoms with Gasteiger partial charge in [-0.2, -0.15) is 13.2 Å². The number of benzene rings is 2. The predicted molar refractivity (Wildman–Crippen MR) is 142 cm³/mol. The largest absolute Gasteiger partial charge is 0.481 e. The van der Waals surface area contributed by atoms with Gasteiger partial charge in [0.25, 0.3) is 0 Å². The van der Waals surface area contributed by atoms with E-state index in [0.717, 1.165) is 53.6 Å². The summed E-state index contributed by atoms with van der Waals surface area (Å²) in [6.07, 6.45) is 2.51. The molecule has 0 saturated carbocycles. The van der Waals surface area contributed by atoms with Crippen LogP contribution in [-0.4, -0.2) is 27.5 Å². The quantitative estimate of drug-likeness (QED) is 0.307. The second kappa shape index (κ2) is 12.1. The Morgan fingerprint density at radius 1 is 1.03 bits per heavy atom. The van der Waals surface area contributed by atoms with Gasteiger partial charge < -0.3 is 5.11 Å². The minimum absolute atomic E-state index is 0.0188. The molecule has 0 radical (unpaired) electrons. The van der Waals surface area contributed by atoms with E-state index in [0.29, 0.717) is 18.9 Å². The van der Waals surface area contributed by atoms with Crippen LogP contribution in [0.5, 0.6) is 0 Å². The molecule has 7 heteroatoms. The number of carboxylic acid groups (broad SMARTS) is 1. The zero-order valence-corrected chi connectivity index (χ0v) is 21.9. The molecule has 0 spiro atoms. The molecule has 2 aromatic carbocycles. The van der Waals surface area contributed by atoms with Crippen molar-refractivity contribution in [1.82, 2.24) is 9.88 Å². The first-order valence-electron chi connectivity index (χ1n) is 13.3. The van der Waals surface area contributed by atoms with E-state index in [1.54, 1.807) is 18.3 Å². The lowest BCUT2D eigenvalue weighted by molar-refractivity contribution is -0.139. The molecule has 3 aromatic rings. The van der Waals surface area contributed by atoms with Crippen molar-refractivity contribution in [3.05, 3.63) is 89.7 Å². The average molecular weight is 525 g/mol. The summed E-state index contributed by atoms with van der Waals surface area (Å²) in [6.45, 7) is 5.07. The van der Waals surface area contributed by atoms with Gasteiger partial charge in [-0.3, -0.25) is 14.7 Å². The SMILES string of the molecule is CC(C)CC[C@@H](c1ccc(-c2cccnc2)cc1)N1CC[C@H](CC(=O)O)C[C@@H]1c1ccc(C(F)(F)F)cc1. The molecule has 1 N–H and O–H groups in total. The zero-order chi connectivity index (χ0) is 27.3. The maximum atomic E-state index is 13.2. The van der Waals surface area contributed by atoms with Gasteiger partial charge in [0.1, 0.15) is 0 Å². The Kier molecular flexibility index (Phi) is 8.87. The van der Waals surface area contributed by atoms with E-state index < -0.39 is 17.7 Å². The van der Waals surface area contributed by atoms with Crippen molar-refractivity contribution in [2.45, 2.75) is 64.2 Å². The molecular weight excluding hydrogens is 489 g/mol. The molecule has 1 fully saturated rings. The molecule has 2 heterocycles. The van der Waals surface area contributed by atoms with Crippen molar-refractivity contribution in [1.29, 1.82) is 0 Å². The number of hydrogen-bond donors (Lipinski definition) is 1. The molecule has 1 aliphatic rings. The van der Waals surface area contributed by atoms with Crippen LogP contribution in [0, 0.1) is 11.8 Å². The van der Waals surface area contributed by atoms with E-state index in [1.165, 1.54) is 0 Å². The van der Waals surface area contributed by atoms with Crippen LogP contribution in [0.2, 0.25) is 0 Å². The Hall–Kier alpha value is -3.19. The van der Waals surface area contributed by atoms with Gasteiger partial charge in [-0.05, 0) is 84.5 Å². The van der Waals surface area contributed by atoms with Crippen LogP contribution in [-0.2, 0) is 11.0 Å². The van der Waals surface area contributed by atoms with Gasteiger partial charge >= 0.3 is 12.1 Å². The second-order valence-corrected chi connectivity index (χ2v) is 10.7. The molecule has 0 unspecified atom stereocenters. The average Bonchev–Trinajstić information content (AvgIpc) is 2.89. The van der Waals surface area contributed by atoms with E-state index in [9.17, 15) is 23.1 Å². The maximum absolute atomic E-state index is 13.2. The molecule has 1 aromatic heterocycles. The summed E-state index contributed by atoms with van der Waals surface area (Å²) in [6, 6.07) is 17.7. The number of alkyl halides is 3. The number of carboxylic acids is 1. The summed E-state index contributed by atoms with van der Waals surface area (Å²) in [5.41, 5.74) is 3.40. The van der Waals surface area contributed by atoms with Crippen molar-refractivity contribution in [3.63, 3.8) is 0 Å². The lowest BCUT2D eigenvalue weighted by Gasteiger charge is -2.44. The lowest BCUT2D eigenvalue weighted by Crippen LogP contribution is -2.40. The van der Waals surface area contributed by atoms with Gasteiger partial charge in [-0.1, -0.05) is 56.3 Å². The van der Waals surface area contributed by atoms with E-state index in [4.69, 9.17) is 0 Å². The number of aromatic nitrogens is 1. The van der Waals surface area contributed by atoms with E-state index in [1.807, 2.05) is 18.3 Å². The second-order valence-electron chi connectivity index (χ2n) is 10.7. The van der Waals surface area contributed by atoms with Gasteiger partial charge in [0.05, 0.1) is 5.56 Å². The molecule has 38 heavy (non-hydrogen) atoms. The van der Waals surface area contributed by atoms with Crippen molar-refractivity contribution in [2.75, 3.05) is 6.54 Å². The number of likely N-dealkylation sites (tertiary alicyclic amines) is 1. The summed E-state index contributed by atoms with van der Waals surface area (Å²) in [5.74, 6) is -0.354. The Bertz CT molecular complexity index is 1180. The number of nitrogens with zero attached hydrogens (tertiary/aromatic N) is 2. The van der Waals surface area contributed by atoms with E-state index in [-0.39, 0.29) is 24.4 Å². The fourth-order valence-corrected chi connectivity index (χ4v) is 5.53. The highest BCUT2D eigenvalue weighted by atomic mass is 19.4. The van der Waals surface area contributed by atoms with Crippen LogP contribution < -0.4 is 0 Å². The standard InChI is InChI=1S/C31H35F3N2O2/c1-21(2)5-14-28(24-8-6-23(7-9-24)26-4-3-16-35-20-26)36-17-15-22(19-30(37)38)18-29(36)25-10-12-27(13-11-25)31(32,33)34/h3-4,6-13,16,20-22,28-29H,5,14-15,17-19H2,1-2H3,(H,37,38)/t22-,28-,29+/m0/s1. The van der Waals surface area contributed by atoms with Crippen molar-refractivity contribution >= 4 is 5.97 Å². The van der Waals surface area contributed by atoms with Gasteiger partial charge in [-0.25, -0.2) is 0 Å². The smallest absolute Gasteiger partial charge is 0.416 e. The Morgan fingerprint density at radius 3 is 2.32 bits per heavy atom. The molecule has 1 aliphatic heterocycles. The van der Waals surface area contributed by atoms with Crippen LogP contribution in [0.4, 0.5) is 13.2 Å². The number of aliphatic carboxylic acids is 1. The van der Waals surface area contributed by atoms with E-state index in [2.05, 4.69) is 48.0 Å². The monoisotopic (exact) mass is 524 g/mol. The summed E-state index contributed by atoms with van der Waals surface area (Å²) >= 11 is 0. The molecule has 0 aliphatic carbocycles. The van der Waals surface area contributed by atoms with E-state index >= 15 is 0 Å². The normalized spacial score (nSPS) is 19.4. The lowest BCUT2D eigenvalue weighted by atomic mass is 9.82. The first-order chi connectivity index (χ1) is 18.1. The third-order valence-corrected chi connectivity index (χ3v) is 7.55. The topological polar surface area (TPSA) is 53.4 Å². The molecule has 202 valence electrons. The maximum Gasteiger partial charge on any atom is 0.416 e. The highest BCUT2D eigenvalue weighted by Gasteiger charge is 2.36. The highest BCUT2D eigenvalue weighted by Crippen LogP contribution is 2.43. The highest BCUT2D eigenvalue weighted by molar-refractivity contribution is 5.67. The Morgan fingerprint density at radius 2 is 1.74 bits per heavy atom. The fourth-order valence-electron chi connectivity index (χ4n) is 5.53. The molecule has 1 saturated heterocycles. The predicted octanol–water partition coefficient (Wildman–Crippen LogP) is 8.17. The number of carbonyl (C=O) groups is 1. The number of hydrogen-bond acceptors (Lipinski definition) is 3. The third kappa shape index (κ3) is 7.01. The van der Waals surface area contributed by atoms with Crippen LogP contribution in [0.15, 0.2) is 73.1 Å². The Labute approximate surface area is 222 Å². The van der Waals surface area contributed by atoms with Gasteiger partial charge in [0, 0.05) is 30.9 Å². The third-order valence-electron chi connectivity index (χ3n) is 7.55. The zero-order valence-electron chi connectivity index (χ0n) is 21.9. The molecule has 4 nitrogen and oxygen atoms in total. The van der Waals surface area contributed by atoms with Gasteiger partial charge in [-0.15, -0.1) is 0 Å². The number of piperidine rings is 1. The molecule has 3 atom stereocenters. The fraction of sp³-hybridized carbons (Fsp3) is 0.419. The summed E-state index contributed by atoms with van der Waals surface area (Å²) in [4.78, 5) is 18.1.